The van der Waals surface area contributed by atoms with E-state index in [0.717, 1.165) is 11.3 Å². The van der Waals surface area contributed by atoms with Gasteiger partial charge in [0.05, 0.1) is 18.1 Å². The van der Waals surface area contributed by atoms with Crippen molar-refractivity contribution in [2.45, 2.75) is 26.0 Å². The van der Waals surface area contributed by atoms with Gasteiger partial charge in [-0.2, -0.15) is 0 Å². The van der Waals surface area contributed by atoms with Crippen molar-refractivity contribution in [3.05, 3.63) is 35.9 Å². The van der Waals surface area contributed by atoms with E-state index < -0.39 is 0 Å². The van der Waals surface area contributed by atoms with Crippen LogP contribution in [0.25, 0.3) is 0 Å². The molecular formula is C14H22INO2S. The minimum atomic E-state index is -0.352. The van der Waals surface area contributed by atoms with Crippen molar-refractivity contribution in [2.24, 2.45) is 0 Å². The molecule has 1 aromatic carbocycles. The minimum Gasteiger partial charge on any atom is -1.00 e. The number of benzene rings is 1. The van der Waals surface area contributed by atoms with E-state index in [4.69, 9.17) is 4.74 Å². The maximum Gasteiger partial charge on any atom is 0.408 e. The summed E-state index contributed by atoms with van der Waals surface area (Å²) < 4.78 is 5.20. The summed E-state index contributed by atoms with van der Waals surface area (Å²) in [7, 11) is 0.288. The Morgan fingerprint density at radius 2 is 1.84 bits per heavy atom. The molecule has 5 heteroatoms. The summed E-state index contributed by atoms with van der Waals surface area (Å²) in [4.78, 5) is 11.7. The van der Waals surface area contributed by atoms with E-state index in [-0.39, 0.29) is 46.5 Å². The lowest BCUT2D eigenvalue weighted by Crippen LogP contribution is -3.00. The molecule has 0 bridgehead atoms. The molecule has 0 aromatic heterocycles. The lowest BCUT2D eigenvalue weighted by molar-refractivity contribution is -0.0000117. The summed E-state index contributed by atoms with van der Waals surface area (Å²) >= 11 is 0. The van der Waals surface area contributed by atoms with Crippen LogP contribution in [-0.4, -0.2) is 29.9 Å². The van der Waals surface area contributed by atoms with Crippen molar-refractivity contribution in [3.63, 3.8) is 0 Å². The molecule has 0 fully saturated rings. The molecule has 19 heavy (non-hydrogen) atoms. The largest absolute Gasteiger partial charge is 1.00 e. The van der Waals surface area contributed by atoms with E-state index in [1.54, 1.807) is 0 Å². The zero-order valence-electron chi connectivity index (χ0n) is 11.9. The second-order valence-electron chi connectivity index (χ2n) is 5.20. The summed E-state index contributed by atoms with van der Waals surface area (Å²) in [6.45, 7) is 4.35. The Hall–Kier alpha value is -0.430. The summed E-state index contributed by atoms with van der Waals surface area (Å²) in [5.41, 5.74) is 0.775. The van der Waals surface area contributed by atoms with Crippen LogP contribution in [0, 0.1) is 0 Å². The highest BCUT2D eigenvalue weighted by Crippen LogP contribution is 2.07. The van der Waals surface area contributed by atoms with Crippen LogP contribution in [0.3, 0.4) is 0 Å². The highest BCUT2D eigenvalue weighted by molar-refractivity contribution is 7.95. The van der Waals surface area contributed by atoms with Gasteiger partial charge in [-0.3, -0.25) is 0 Å². The molecule has 108 valence electrons. The third-order valence-corrected chi connectivity index (χ3v) is 3.60. The number of nitrogens with one attached hydrogen (secondary N) is 1. The molecule has 1 N–H and O–H groups in total. The number of hydrogen-bond donors (Lipinski definition) is 1. The van der Waals surface area contributed by atoms with Crippen molar-refractivity contribution in [2.75, 3.05) is 18.3 Å². The van der Waals surface area contributed by atoms with Crippen LogP contribution < -0.4 is 29.3 Å². The number of alkyl carbamates (subject to hydrolysis) is 1. The van der Waals surface area contributed by atoms with Crippen LogP contribution in [0.2, 0.25) is 0 Å². The molecular weight excluding hydrogens is 373 g/mol. The molecule has 1 rings (SSSR count). The van der Waals surface area contributed by atoms with Crippen LogP contribution in [0.4, 0.5) is 4.79 Å². The SMILES string of the molecule is C[S+](C)CC(C)(C)NC(=O)OCc1ccccc1.[I-]. The van der Waals surface area contributed by atoms with Crippen LogP contribution >= 0.6 is 0 Å². The molecule has 0 spiro atoms. The molecule has 1 aromatic rings. The second-order valence-corrected chi connectivity index (χ2v) is 7.46. The maximum absolute atomic E-state index is 11.7. The molecule has 0 aliphatic heterocycles. The van der Waals surface area contributed by atoms with Crippen molar-refractivity contribution >= 4 is 17.0 Å². The zero-order valence-corrected chi connectivity index (χ0v) is 14.9. The predicted octanol–water partition coefficient (Wildman–Crippen LogP) is -0.427. The van der Waals surface area contributed by atoms with E-state index >= 15 is 0 Å². The van der Waals surface area contributed by atoms with E-state index in [0.29, 0.717) is 6.61 Å². The van der Waals surface area contributed by atoms with Gasteiger partial charge in [-0.15, -0.1) is 0 Å². The van der Waals surface area contributed by atoms with Gasteiger partial charge in [0, 0.05) is 0 Å². The van der Waals surface area contributed by atoms with Gasteiger partial charge in [0.2, 0.25) is 0 Å². The Labute approximate surface area is 135 Å². The Bertz CT molecular complexity index is 382. The molecule has 0 atom stereocenters. The minimum absolute atomic E-state index is 0. The first-order chi connectivity index (χ1) is 8.39. The molecule has 0 saturated carbocycles. The van der Waals surface area contributed by atoms with Crippen LogP contribution in [0.5, 0.6) is 0 Å². The topological polar surface area (TPSA) is 38.3 Å². The van der Waals surface area contributed by atoms with Gasteiger partial charge in [0.1, 0.15) is 12.4 Å². The van der Waals surface area contributed by atoms with Crippen LogP contribution in [0.1, 0.15) is 19.4 Å². The number of carbonyl (C=O) groups excluding carboxylic acids is 1. The van der Waals surface area contributed by atoms with Crippen molar-refractivity contribution in [3.8, 4) is 0 Å². The third kappa shape index (κ3) is 8.36. The fourth-order valence-corrected chi connectivity index (χ4v) is 3.31. The van der Waals surface area contributed by atoms with Crippen LogP contribution in [0.15, 0.2) is 30.3 Å². The second kappa shape index (κ2) is 8.68. The monoisotopic (exact) mass is 395 g/mol. The molecule has 0 saturated heterocycles. The Morgan fingerprint density at radius 1 is 1.26 bits per heavy atom. The molecule has 0 unspecified atom stereocenters. The van der Waals surface area contributed by atoms with Crippen molar-refractivity contribution < 1.29 is 33.5 Å². The summed E-state index contributed by atoms with van der Waals surface area (Å²) in [5, 5.41) is 2.90. The quantitative estimate of drug-likeness (QED) is 0.543. The van der Waals surface area contributed by atoms with Gasteiger partial charge in [-0.25, -0.2) is 4.79 Å². The first kappa shape index (κ1) is 18.6. The van der Waals surface area contributed by atoms with E-state index in [1.165, 1.54) is 0 Å². The lowest BCUT2D eigenvalue weighted by atomic mass is 10.1. The number of rotatable bonds is 5. The van der Waals surface area contributed by atoms with Gasteiger partial charge >= 0.3 is 6.09 Å². The third-order valence-electron chi connectivity index (χ3n) is 2.30. The van der Waals surface area contributed by atoms with Crippen molar-refractivity contribution in [1.82, 2.24) is 5.32 Å². The van der Waals surface area contributed by atoms with Gasteiger partial charge in [-0.1, -0.05) is 30.3 Å². The van der Waals surface area contributed by atoms with Gasteiger partial charge in [-0.05, 0) is 30.3 Å². The molecule has 0 aliphatic carbocycles. The average molecular weight is 395 g/mol. The summed E-state index contributed by atoms with van der Waals surface area (Å²) in [6, 6.07) is 9.68. The fourth-order valence-electron chi connectivity index (χ4n) is 1.79. The number of carbonyl (C=O) groups is 1. The van der Waals surface area contributed by atoms with E-state index in [2.05, 4.69) is 17.8 Å². The van der Waals surface area contributed by atoms with Crippen molar-refractivity contribution in [1.29, 1.82) is 0 Å². The number of hydrogen-bond acceptors (Lipinski definition) is 2. The van der Waals surface area contributed by atoms with Gasteiger partial charge in [0.25, 0.3) is 0 Å². The van der Waals surface area contributed by atoms with E-state index in [1.807, 2.05) is 44.2 Å². The number of ether oxygens (including phenoxy) is 1. The lowest BCUT2D eigenvalue weighted by Gasteiger charge is -2.23. The van der Waals surface area contributed by atoms with Gasteiger partial charge < -0.3 is 34.0 Å². The highest BCUT2D eigenvalue weighted by Gasteiger charge is 2.27. The van der Waals surface area contributed by atoms with Gasteiger partial charge in [0.15, 0.2) is 0 Å². The first-order valence-corrected chi connectivity index (χ1v) is 8.13. The smallest absolute Gasteiger partial charge is 0.408 e. The number of halogens is 1. The normalized spacial score (nSPS) is 10.8. The number of amides is 1. The Morgan fingerprint density at radius 3 is 2.37 bits per heavy atom. The fraction of sp³-hybridized carbons (Fsp3) is 0.500. The summed E-state index contributed by atoms with van der Waals surface area (Å²) in [6.07, 6.45) is 3.98. The Kier molecular flexibility index (Phi) is 8.49. The molecule has 0 aliphatic rings. The zero-order chi connectivity index (χ0) is 13.6. The highest BCUT2D eigenvalue weighted by atomic mass is 127. The Balaban J connectivity index is 0.00000324. The average Bonchev–Trinajstić information content (AvgIpc) is 2.25. The van der Waals surface area contributed by atoms with Crippen LogP contribution in [-0.2, 0) is 22.2 Å². The summed E-state index contributed by atoms with van der Waals surface area (Å²) in [5.74, 6) is 0.952. The molecule has 1 amide bonds. The standard InChI is InChI=1S/C14H21NO2S.HI/c1-14(2,11-18(3)4)15-13(16)17-10-12-8-6-5-7-9-12;/h5-9H,10-11H2,1-4H3;1H. The van der Waals surface area contributed by atoms with E-state index in [9.17, 15) is 4.79 Å². The predicted molar refractivity (Wildman–Crippen MR) is 77.9 cm³/mol. The molecule has 0 heterocycles. The molecule has 3 nitrogen and oxygen atoms in total. The maximum atomic E-state index is 11.7. The molecule has 0 radical (unpaired) electrons. The first-order valence-electron chi connectivity index (χ1n) is 5.92.